The number of benzene rings is 1. The van der Waals surface area contributed by atoms with E-state index >= 15 is 0 Å². The Morgan fingerprint density at radius 2 is 2.18 bits per heavy atom. The Balaban J connectivity index is 1.98. The van der Waals surface area contributed by atoms with Gasteiger partial charge in [-0.05, 0) is 30.1 Å². The van der Waals surface area contributed by atoms with Crippen LogP contribution in [0.2, 0.25) is 0 Å². The number of amides is 1. The molecule has 3 N–H and O–H groups in total. The van der Waals surface area contributed by atoms with Gasteiger partial charge in [-0.25, -0.2) is 0 Å². The van der Waals surface area contributed by atoms with Gasteiger partial charge in [-0.2, -0.15) is 0 Å². The van der Waals surface area contributed by atoms with E-state index in [1.807, 2.05) is 36.4 Å². The molecular weight excluding hydrogens is 272 g/mol. The molecule has 1 amide bonds. The number of hydrogen-bond acceptors (Lipinski definition) is 2. The summed E-state index contributed by atoms with van der Waals surface area (Å²) in [5.41, 5.74) is 9.61. The summed E-state index contributed by atoms with van der Waals surface area (Å²) in [6, 6.07) is 7.70. The minimum atomic E-state index is -0.0819. The fraction of sp³-hybridized carbons (Fsp3) is 0.316. The molecule has 0 saturated heterocycles. The number of para-hydroxylation sites is 1. The second-order valence-electron chi connectivity index (χ2n) is 5.57. The Labute approximate surface area is 132 Å². The lowest BCUT2D eigenvalue weighted by Crippen LogP contribution is -2.30. The number of nitrogens with one attached hydrogen (secondary N) is 1. The lowest BCUT2D eigenvalue weighted by atomic mass is 9.89. The number of allylic oxidation sites excluding steroid dienone is 4. The average molecular weight is 296 g/mol. The van der Waals surface area contributed by atoms with Crippen molar-refractivity contribution in [1.29, 1.82) is 0 Å². The van der Waals surface area contributed by atoms with E-state index in [1.165, 1.54) is 0 Å². The fourth-order valence-corrected chi connectivity index (χ4v) is 2.49. The van der Waals surface area contributed by atoms with Gasteiger partial charge in [-0.1, -0.05) is 56.4 Å². The molecule has 0 bridgehead atoms. The van der Waals surface area contributed by atoms with Crippen molar-refractivity contribution >= 4 is 17.2 Å². The molecular formula is C19H24N2O. The first-order valence-corrected chi connectivity index (χ1v) is 7.83. The molecule has 2 rings (SSSR count). The van der Waals surface area contributed by atoms with Crippen molar-refractivity contribution < 1.29 is 4.79 Å². The molecule has 116 valence electrons. The van der Waals surface area contributed by atoms with Crippen molar-refractivity contribution in [3.63, 3.8) is 0 Å². The molecule has 1 atom stereocenters. The zero-order valence-corrected chi connectivity index (χ0v) is 13.1. The molecule has 1 aliphatic carbocycles. The monoisotopic (exact) mass is 296 g/mol. The van der Waals surface area contributed by atoms with Gasteiger partial charge in [0.2, 0.25) is 5.91 Å². The Kier molecular flexibility index (Phi) is 5.59. The summed E-state index contributed by atoms with van der Waals surface area (Å²) in [7, 11) is 0. The highest BCUT2D eigenvalue weighted by molar-refractivity contribution is 5.87. The van der Waals surface area contributed by atoms with Crippen LogP contribution in [0.3, 0.4) is 0 Å². The quantitative estimate of drug-likeness (QED) is 0.621. The van der Waals surface area contributed by atoms with Crippen LogP contribution in [0.15, 0.2) is 54.6 Å². The van der Waals surface area contributed by atoms with E-state index in [1.54, 1.807) is 0 Å². The predicted octanol–water partition coefficient (Wildman–Crippen LogP) is 3.70. The minimum Gasteiger partial charge on any atom is -0.398 e. The third-order valence-electron chi connectivity index (χ3n) is 3.90. The van der Waals surface area contributed by atoms with Crippen molar-refractivity contribution in [2.45, 2.75) is 26.2 Å². The van der Waals surface area contributed by atoms with Crippen LogP contribution in [0.25, 0.3) is 5.57 Å². The lowest BCUT2D eigenvalue weighted by molar-refractivity contribution is -0.123. The first-order valence-electron chi connectivity index (χ1n) is 7.83. The number of nitrogens with two attached hydrogens (primary N) is 1. The number of nitrogen functional groups attached to an aromatic ring is 1. The smallest absolute Gasteiger partial charge is 0.227 e. The summed E-state index contributed by atoms with van der Waals surface area (Å²) in [5, 5.41) is 2.98. The van der Waals surface area contributed by atoms with Crippen molar-refractivity contribution in [3.8, 4) is 0 Å². The van der Waals surface area contributed by atoms with Gasteiger partial charge in [0.05, 0.1) is 5.92 Å². The fourth-order valence-electron chi connectivity index (χ4n) is 2.49. The summed E-state index contributed by atoms with van der Waals surface area (Å²) < 4.78 is 0. The molecule has 3 heteroatoms. The second-order valence-corrected chi connectivity index (χ2v) is 5.57. The van der Waals surface area contributed by atoms with E-state index in [2.05, 4.69) is 24.9 Å². The maximum atomic E-state index is 12.0. The molecule has 1 aromatic rings. The largest absolute Gasteiger partial charge is 0.398 e. The first-order chi connectivity index (χ1) is 10.6. The Hall–Kier alpha value is -2.29. The average Bonchev–Trinajstić information content (AvgIpc) is 2.55. The van der Waals surface area contributed by atoms with Gasteiger partial charge in [0, 0.05) is 17.8 Å². The topological polar surface area (TPSA) is 55.1 Å². The molecule has 1 unspecified atom stereocenters. The minimum absolute atomic E-state index is 0.0819. The third kappa shape index (κ3) is 3.88. The third-order valence-corrected chi connectivity index (χ3v) is 3.90. The van der Waals surface area contributed by atoms with Crippen LogP contribution in [-0.4, -0.2) is 12.5 Å². The van der Waals surface area contributed by atoms with Crippen LogP contribution in [0, 0.1) is 5.92 Å². The molecule has 0 fully saturated rings. The maximum Gasteiger partial charge on any atom is 0.227 e. The van der Waals surface area contributed by atoms with Crippen molar-refractivity contribution in [1.82, 2.24) is 5.32 Å². The molecule has 1 aromatic carbocycles. The number of hydrogen-bond donors (Lipinski definition) is 2. The molecule has 0 aromatic heterocycles. The van der Waals surface area contributed by atoms with Crippen LogP contribution >= 0.6 is 0 Å². The van der Waals surface area contributed by atoms with Gasteiger partial charge in [0.25, 0.3) is 0 Å². The van der Waals surface area contributed by atoms with E-state index in [0.717, 1.165) is 41.8 Å². The summed E-state index contributed by atoms with van der Waals surface area (Å²) in [4.78, 5) is 12.0. The van der Waals surface area contributed by atoms with Crippen LogP contribution in [0.1, 0.15) is 31.7 Å². The van der Waals surface area contributed by atoms with Gasteiger partial charge in [0.15, 0.2) is 0 Å². The highest BCUT2D eigenvalue weighted by Crippen LogP contribution is 2.30. The summed E-state index contributed by atoms with van der Waals surface area (Å²) in [6.07, 6.45) is 8.81. The van der Waals surface area contributed by atoms with Gasteiger partial charge < -0.3 is 11.1 Å². The Morgan fingerprint density at radius 1 is 1.41 bits per heavy atom. The van der Waals surface area contributed by atoms with E-state index in [4.69, 9.17) is 5.73 Å². The number of carbonyl (C=O) groups is 1. The summed E-state index contributed by atoms with van der Waals surface area (Å²) in [5.74, 6) is 0.0198. The molecule has 1 aliphatic rings. The SMILES string of the molecule is C=C(C1=CCC(C(=O)NCCCC)C=C1)c1ccccc1N. The number of anilines is 1. The lowest BCUT2D eigenvalue weighted by Gasteiger charge is -2.18. The van der Waals surface area contributed by atoms with E-state index in [9.17, 15) is 4.79 Å². The van der Waals surface area contributed by atoms with Crippen LogP contribution in [0.5, 0.6) is 0 Å². The molecule has 0 saturated carbocycles. The highest BCUT2D eigenvalue weighted by Gasteiger charge is 2.18. The predicted molar refractivity (Wildman–Crippen MR) is 93.1 cm³/mol. The number of rotatable bonds is 6. The summed E-state index contributed by atoms with van der Waals surface area (Å²) >= 11 is 0. The van der Waals surface area contributed by atoms with Crippen LogP contribution in [0.4, 0.5) is 5.69 Å². The first kappa shape index (κ1) is 16.1. The molecule has 0 spiro atoms. The molecule has 0 heterocycles. The molecule has 0 radical (unpaired) electrons. The van der Waals surface area contributed by atoms with Gasteiger partial charge >= 0.3 is 0 Å². The summed E-state index contributed by atoms with van der Waals surface area (Å²) in [6.45, 7) is 7.01. The van der Waals surface area contributed by atoms with E-state index in [-0.39, 0.29) is 11.8 Å². The second kappa shape index (κ2) is 7.64. The standard InChI is InChI=1S/C19H24N2O/c1-3-4-13-21-19(22)16-11-9-15(10-12-16)14(2)17-7-5-6-8-18(17)20/h5-11,16H,2-4,12-13,20H2,1H3,(H,21,22). The normalized spacial score (nSPS) is 17.0. The van der Waals surface area contributed by atoms with Crippen molar-refractivity contribution in [3.05, 3.63) is 60.2 Å². The van der Waals surface area contributed by atoms with Gasteiger partial charge in [-0.3, -0.25) is 4.79 Å². The molecule has 0 aliphatic heterocycles. The Bertz CT molecular complexity index is 614. The van der Waals surface area contributed by atoms with Crippen LogP contribution < -0.4 is 11.1 Å². The number of carbonyl (C=O) groups excluding carboxylic acids is 1. The molecule has 22 heavy (non-hydrogen) atoms. The highest BCUT2D eigenvalue weighted by atomic mass is 16.1. The van der Waals surface area contributed by atoms with Crippen LogP contribution in [-0.2, 0) is 4.79 Å². The zero-order chi connectivity index (χ0) is 15.9. The number of unbranched alkanes of at least 4 members (excludes halogenated alkanes) is 1. The van der Waals surface area contributed by atoms with E-state index in [0.29, 0.717) is 6.42 Å². The Morgan fingerprint density at radius 3 is 2.82 bits per heavy atom. The zero-order valence-electron chi connectivity index (χ0n) is 13.1. The maximum absolute atomic E-state index is 12.0. The van der Waals surface area contributed by atoms with Crippen molar-refractivity contribution in [2.75, 3.05) is 12.3 Å². The van der Waals surface area contributed by atoms with E-state index < -0.39 is 0 Å². The van der Waals surface area contributed by atoms with Gasteiger partial charge in [0.1, 0.15) is 0 Å². The van der Waals surface area contributed by atoms with Crippen molar-refractivity contribution in [2.24, 2.45) is 5.92 Å². The molecule has 3 nitrogen and oxygen atoms in total. The van der Waals surface area contributed by atoms with Gasteiger partial charge in [-0.15, -0.1) is 0 Å².